The van der Waals surface area contributed by atoms with Gasteiger partial charge in [0, 0.05) is 10.9 Å². The van der Waals surface area contributed by atoms with Crippen LogP contribution in [-0.2, 0) is 0 Å². The van der Waals surface area contributed by atoms with E-state index < -0.39 is 0 Å². The van der Waals surface area contributed by atoms with Crippen LogP contribution in [0.3, 0.4) is 0 Å². The van der Waals surface area contributed by atoms with Crippen LogP contribution in [0.4, 0.5) is 0 Å². The molecule has 2 heteroatoms. The molecule has 1 atom stereocenters. The van der Waals surface area contributed by atoms with Gasteiger partial charge in [-0.15, -0.1) is 11.8 Å². The number of hydrogen-bond acceptors (Lipinski definition) is 2. The first-order chi connectivity index (χ1) is 6.16. The van der Waals surface area contributed by atoms with Crippen molar-refractivity contribution in [2.75, 3.05) is 20.4 Å². The Morgan fingerprint density at radius 3 is 2.38 bits per heavy atom. The van der Waals surface area contributed by atoms with E-state index >= 15 is 0 Å². The van der Waals surface area contributed by atoms with Gasteiger partial charge in [-0.1, -0.05) is 18.2 Å². The van der Waals surface area contributed by atoms with Crippen molar-refractivity contribution in [2.45, 2.75) is 17.9 Å². The van der Waals surface area contributed by atoms with Gasteiger partial charge >= 0.3 is 0 Å². The summed E-state index contributed by atoms with van der Waals surface area (Å²) >= 11 is 1.81. The molecule has 0 amide bonds. The third-order valence-corrected chi connectivity index (χ3v) is 3.18. The SMILES string of the molecule is CSc1ccccc1[C@H](C)N(C)C. The van der Waals surface area contributed by atoms with Gasteiger partial charge in [-0.25, -0.2) is 0 Å². The fraction of sp³-hybridized carbons (Fsp3) is 0.455. The second-order valence-electron chi connectivity index (χ2n) is 3.38. The lowest BCUT2D eigenvalue weighted by atomic mass is 10.1. The van der Waals surface area contributed by atoms with E-state index in [1.165, 1.54) is 10.5 Å². The molecule has 1 aromatic carbocycles. The standard InChI is InChI=1S/C11H17NS/c1-9(12(2)3)10-7-5-6-8-11(10)13-4/h5-9H,1-4H3/t9-/m0/s1. The predicted octanol–water partition coefficient (Wildman–Crippen LogP) is 3.03. The van der Waals surface area contributed by atoms with Crippen LogP contribution < -0.4 is 0 Å². The van der Waals surface area contributed by atoms with Gasteiger partial charge in [-0.3, -0.25) is 0 Å². The number of hydrogen-bond donors (Lipinski definition) is 0. The summed E-state index contributed by atoms with van der Waals surface area (Å²) in [7, 11) is 4.23. The van der Waals surface area contributed by atoms with Crippen LogP contribution in [0.2, 0.25) is 0 Å². The van der Waals surface area contributed by atoms with Crippen LogP contribution >= 0.6 is 11.8 Å². The summed E-state index contributed by atoms with van der Waals surface area (Å²) in [5.41, 5.74) is 1.42. The lowest BCUT2D eigenvalue weighted by molar-refractivity contribution is 0.317. The lowest BCUT2D eigenvalue weighted by Crippen LogP contribution is -2.17. The van der Waals surface area contributed by atoms with Gasteiger partial charge in [0.2, 0.25) is 0 Å². The summed E-state index contributed by atoms with van der Waals surface area (Å²) in [5, 5.41) is 0. The zero-order chi connectivity index (χ0) is 9.84. The van der Waals surface area contributed by atoms with Crippen LogP contribution in [0.25, 0.3) is 0 Å². The number of thioether (sulfide) groups is 1. The van der Waals surface area contributed by atoms with Crippen molar-refractivity contribution in [1.82, 2.24) is 4.90 Å². The molecule has 0 saturated heterocycles. The fourth-order valence-corrected chi connectivity index (χ4v) is 1.98. The van der Waals surface area contributed by atoms with Crippen LogP contribution in [-0.4, -0.2) is 25.3 Å². The van der Waals surface area contributed by atoms with Gasteiger partial charge in [-0.05, 0) is 38.9 Å². The molecule has 0 bridgehead atoms. The van der Waals surface area contributed by atoms with Gasteiger partial charge in [0.25, 0.3) is 0 Å². The molecule has 0 unspecified atom stereocenters. The maximum absolute atomic E-state index is 2.23. The summed E-state index contributed by atoms with van der Waals surface area (Å²) in [5.74, 6) is 0. The lowest BCUT2D eigenvalue weighted by Gasteiger charge is -2.22. The summed E-state index contributed by atoms with van der Waals surface area (Å²) in [4.78, 5) is 3.61. The van der Waals surface area contributed by atoms with E-state index in [2.05, 4.69) is 56.4 Å². The largest absolute Gasteiger partial charge is 0.303 e. The average molecular weight is 195 g/mol. The molecular weight excluding hydrogens is 178 g/mol. The number of benzene rings is 1. The van der Waals surface area contributed by atoms with Crippen molar-refractivity contribution < 1.29 is 0 Å². The molecule has 0 aliphatic rings. The molecule has 0 heterocycles. The molecule has 0 fully saturated rings. The topological polar surface area (TPSA) is 3.24 Å². The van der Waals surface area contributed by atoms with Crippen LogP contribution in [0.15, 0.2) is 29.2 Å². The highest BCUT2D eigenvalue weighted by Gasteiger charge is 2.10. The van der Waals surface area contributed by atoms with Gasteiger partial charge in [0.1, 0.15) is 0 Å². The molecule has 0 spiro atoms. The van der Waals surface area contributed by atoms with E-state index in [0.717, 1.165) is 0 Å². The van der Waals surface area contributed by atoms with Gasteiger partial charge in [0.15, 0.2) is 0 Å². The quantitative estimate of drug-likeness (QED) is 0.682. The van der Waals surface area contributed by atoms with E-state index in [4.69, 9.17) is 0 Å². The number of nitrogens with zero attached hydrogens (tertiary/aromatic N) is 1. The second-order valence-corrected chi connectivity index (χ2v) is 4.23. The molecule has 13 heavy (non-hydrogen) atoms. The summed E-state index contributed by atoms with van der Waals surface area (Å²) < 4.78 is 0. The van der Waals surface area contributed by atoms with Crippen LogP contribution in [0.1, 0.15) is 18.5 Å². The highest BCUT2D eigenvalue weighted by molar-refractivity contribution is 7.98. The minimum absolute atomic E-state index is 0.489. The molecule has 1 aromatic rings. The highest BCUT2D eigenvalue weighted by atomic mass is 32.2. The molecule has 0 aromatic heterocycles. The van der Waals surface area contributed by atoms with Crippen molar-refractivity contribution in [2.24, 2.45) is 0 Å². The van der Waals surface area contributed by atoms with Crippen molar-refractivity contribution in [1.29, 1.82) is 0 Å². The minimum atomic E-state index is 0.489. The van der Waals surface area contributed by atoms with Crippen LogP contribution in [0, 0.1) is 0 Å². The first-order valence-electron chi connectivity index (χ1n) is 4.46. The molecule has 0 radical (unpaired) electrons. The zero-order valence-electron chi connectivity index (χ0n) is 8.74. The molecule has 1 nitrogen and oxygen atoms in total. The van der Waals surface area contributed by atoms with Crippen molar-refractivity contribution in [3.8, 4) is 0 Å². The van der Waals surface area contributed by atoms with Gasteiger partial charge in [0.05, 0.1) is 0 Å². The maximum atomic E-state index is 2.23. The Balaban J connectivity index is 2.98. The summed E-state index contributed by atoms with van der Waals surface area (Å²) in [6.07, 6.45) is 2.13. The van der Waals surface area contributed by atoms with E-state index in [1.54, 1.807) is 0 Å². The van der Waals surface area contributed by atoms with E-state index in [9.17, 15) is 0 Å². The zero-order valence-corrected chi connectivity index (χ0v) is 9.56. The van der Waals surface area contributed by atoms with E-state index in [1.807, 2.05) is 11.8 Å². The van der Waals surface area contributed by atoms with Gasteiger partial charge in [-0.2, -0.15) is 0 Å². The third kappa shape index (κ3) is 2.48. The second kappa shape index (κ2) is 4.68. The summed E-state index contributed by atoms with van der Waals surface area (Å²) in [6.45, 7) is 2.23. The maximum Gasteiger partial charge on any atom is 0.0324 e. The van der Waals surface area contributed by atoms with Crippen LogP contribution in [0.5, 0.6) is 0 Å². The average Bonchev–Trinajstić information content (AvgIpc) is 2.16. The molecule has 1 rings (SSSR count). The fourth-order valence-electron chi connectivity index (χ4n) is 1.29. The Kier molecular flexibility index (Phi) is 3.82. The Bertz CT molecular complexity index is 271. The van der Waals surface area contributed by atoms with Crippen molar-refractivity contribution in [3.63, 3.8) is 0 Å². The van der Waals surface area contributed by atoms with Crippen molar-refractivity contribution in [3.05, 3.63) is 29.8 Å². The number of rotatable bonds is 3. The first kappa shape index (κ1) is 10.6. The Morgan fingerprint density at radius 1 is 1.23 bits per heavy atom. The molecule has 0 aliphatic carbocycles. The minimum Gasteiger partial charge on any atom is -0.303 e. The van der Waals surface area contributed by atoms with Gasteiger partial charge < -0.3 is 4.90 Å². The summed E-state index contributed by atoms with van der Waals surface area (Å²) in [6, 6.07) is 9.08. The third-order valence-electron chi connectivity index (χ3n) is 2.36. The molecule has 0 saturated carbocycles. The molecule has 0 N–H and O–H groups in total. The molecule has 0 aliphatic heterocycles. The first-order valence-corrected chi connectivity index (χ1v) is 5.68. The van der Waals surface area contributed by atoms with E-state index in [-0.39, 0.29) is 0 Å². The Labute approximate surface area is 85.1 Å². The monoisotopic (exact) mass is 195 g/mol. The smallest absolute Gasteiger partial charge is 0.0324 e. The Hall–Kier alpha value is -0.470. The van der Waals surface area contributed by atoms with E-state index in [0.29, 0.717) is 6.04 Å². The van der Waals surface area contributed by atoms with Crippen molar-refractivity contribution >= 4 is 11.8 Å². The normalized spacial score (nSPS) is 13.3. The predicted molar refractivity (Wildman–Crippen MR) is 60.3 cm³/mol. The Morgan fingerprint density at radius 2 is 1.85 bits per heavy atom. The highest BCUT2D eigenvalue weighted by Crippen LogP contribution is 2.27. The molecule has 72 valence electrons. The molecular formula is C11H17NS.